The molecule has 6 nitrogen and oxygen atoms in total. The van der Waals surface area contributed by atoms with Gasteiger partial charge in [-0.25, -0.2) is 9.97 Å². The summed E-state index contributed by atoms with van der Waals surface area (Å²) in [7, 11) is 0. The summed E-state index contributed by atoms with van der Waals surface area (Å²) < 4.78 is 5.48. The highest BCUT2D eigenvalue weighted by Crippen LogP contribution is 2.28. The van der Waals surface area contributed by atoms with E-state index in [9.17, 15) is 5.11 Å². The van der Waals surface area contributed by atoms with E-state index in [0.29, 0.717) is 26.2 Å². The van der Waals surface area contributed by atoms with Crippen LogP contribution in [0, 0.1) is 0 Å². The summed E-state index contributed by atoms with van der Waals surface area (Å²) in [4.78, 5) is 11.9. The van der Waals surface area contributed by atoms with Gasteiger partial charge in [0.2, 0.25) is 0 Å². The molecule has 0 bridgehead atoms. The topological polar surface area (TPSA) is 70.5 Å². The molecule has 6 heteroatoms. The molecule has 0 amide bonds. The van der Waals surface area contributed by atoms with Crippen molar-refractivity contribution in [3.8, 4) is 0 Å². The van der Waals surface area contributed by atoms with Crippen molar-refractivity contribution in [2.24, 2.45) is 0 Å². The number of para-hydroxylation sites is 2. The average Bonchev–Trinajstić information content (AvgIpc) is 2.74. The largest absolute Gasteiger partial charge is 0.385 e. The first-order chi connectivity index (χ1) is 13.6. The van der Waals surface area contributed by atoms with Crippen molar-refractivity contribution in [1.29, 1.82) is 0 Å². The van der Waals surface area contributed by atoms with Gasteiger partial charge in [0.05, 0.1) is 29.8 Å². The van der Waals surface area contributed by atoms with Crippen LogP contribution in [0.4, 0.5) is 11.6 Å². The molecular formula is C22H26N4O2. The predicted octanol–water partition coefficient (Wildman–Crippen LogP) is 3.18. The fourth-order valence-electron chi connectivity index (χ4n) is 3.47. The number of fused-ring (bicyclic) bond motifs is 1. The molecule has 0 spiro atoms. The Morgan fingerprint density at radius 1 is 1.00 bits per heavy atom. The van der Waals surface area contributed by atoms with E-state index in [4.69, 9.17) is 14.7 Å². The molecule has 1 atom stereocenters. The first-order valence-electron chi connectivity index (χ1n) is 9.75. The van der Waals surface area contributed by atoms with Crippen molar-refractivity contribution in [3.05, 3.63) is 60.2 Å². The second kappa shape index (κ2) is 8.12. The molecule has 3 aromatic rings. The van der Waals surface area contributed by atoms with Gasteiger partial charge in [0.25, 0.3) is 0 Å². The predicted molar refractivity (Wildman–Crippen MR) is 112 cm³/mol. The van der Waals surface area contributed by atoms with E-state index >= 15 is 0 Å². The third-order valence-electron chi connectivity index (χ3n) is 5.16. The number of hydrogen-bond acceptors (Lipinski definition) is 6. The third kappa shape index (κ3) is 4.08. The van der Waals surface area contributed by atoms with E-state index in [1.54, 1.807) is 0 Å². The highest BCUT2D eigenvalue weighted by atomic mass is 16.5. The maximum absolute atomic E-state index is 10.9. The second-order valence-electron chi connectivity index (χ2n) is 7.30. The summed E-state index contributed by atoms with van der Waals surface area (Å²) in [5, 5.41) is 14.3. The van der Waals surface area contributed by atoms with Crippen LogP contribution in [0.25, 0.3) is 11.0 Å². The van der Waals surface area contributed by atoms with Crippen molar-refractivity contribution < 1.29 is 9.84 Å². The van der Waals surface area contributed by atoms with Crippen LogP contribution in [0.15, 0.2) is 54.6 Å². The number of aromatic nitrogens is 2. The quantitative estimate of drug-likeness (QED) is 0.687. The third-order valence-corrected chi connectivity index (χ3v) is 5.16. The summed E-state index contributed by atoms with van der Waals surface area (Å²) >= 11 is 0. The zero-order valence-corrected chi connectivity index (χ0v) is 16.1. The van der Waals surface area contributed by atoms with E-state index < -0.39 is 5.60 Å². The standard InChI is InChI=1S/C22H26N4O2/c1-22(27,17-7-3-2-4-8-17)11-12-23-20-21(26-13-15-28-16-14-26)25-19-10-6-5-9-18(19)24-20/h2-10,27H,11-16H2,1H3,(H,23,24). The lowest BCUT2D eigenvalue weighted by molar-refractivity contribution is 0.0515. The molecule has 1 saturated heterocycles. The van der Waals surface area contributed by atoms with Crippen LogP contribution < -0.4 is 10.2 Å². The van der Waals surface area contributed by atoms with Gasteiger partial charge >= 0.3 is 0 Å². The highest BCUT2D eigenvalue weighted by Gasteiger charge is 2.23. The molecule has 28 heavy (non-hydrogen) atoms. The van der Waals surface area contributed by atoms with Gasteiger partial charge in [0.1, 0.15) is 0 Å². The molecule has 4 rings (SSSR count). The maximum Gasteiger partial charge on any atom is 0.172 e. The maximum atomic E-state index is 10.9. The number of anilines is 2. The Balaban J connectivity index is 1.55. The molecular weight excluding hydrogens is 352 g/mol. The normalized spacial score (nSPS) is 16.7. The second-order valence-corrected chi connectivity index (χ2v) is 7.30. The van der Waals surface area contributed by atoms with E-state index in [1.165, 1.54) is 0 Å². The molecule has 1 aliphatic rings. The van der Waals surface area contributed by atoms with Crippen LogP contribution in [0.5, 0.6) is 0 Å². The lowest BCUT2D eigenvalue weighted by Gasteiger charge is -2.30. The molecule has 146 valence electrons. The van der Waals surface area contributed by atoms with Crippen LogP contribution in [0.3, 0.4) is 0 Å². The minimum Gasteiger partial charge on any atom is -0.385 e. The molecule has 2 N–H and O–H groups in total. The monoisotopic (exact) mass is 378 g/mol. The molecule has 0 radical (unpaired) electrons. The first kappa shape index (κ1) is 18.7. The van der Waals surface area contributed by atoms with Crippen molar-refractivity contribution >= 4 is 22.7 Å². The summed E-state index contributed by atoms with van der Waals surface area (Å²) in [5.41, 5.74) is 1.75. The van der Waals surface area contributed by atoms with Gasteiger partial charge in [-0.1, -0.05) is 42.5 Å². The molecule has 1 aromatic heterocycles. The van der Waals surface area contributed by atoms with Crippen LogP contribution in [-0.2, 0) is 10.3 Å². The number of benzene rings is 2. The summed E-state index contributed by atoms with van der Waals surface area (Å²) in [6.07, 6.45) is 0.564. The van der Waals surface area contributed by atoms with Gasteiger partial charge in [-0.15, -0.1) is 0 Å². The Bertz CT molecular complexity index is 924. The highest BCUT2D eigenvalue weighted by molar-refractivity contribution is 5.80. The van der Waals surface area contributed by atoms with Crippen molar-refractivity contribution in [2.75, 3.05) is 43.1 Å². The molecule has 1 unspecified atom stereocenters. The zero-order chi connectivity index (χ0) is 19.4. The minimum absolute atomic E-state index is 0.564. The van der Waals surface area contributed by atoms with Crippen molar-refractivity contribution in [2.45, 2.75) is 18.9 Å². The number of rotatable bonds is 6. The van der Waals surface area contributed by atoms with Gasteiger partial charge in [0, 0.05) is 19.6 Å². The number of nitrogens with zero attached hydrogens (tertiary/aromatic N) is 3. The lowest BCUT2D eigenvalue weighted by atomic mass is 9.93. The van der Waals surface area contributed by atoms with Crippen LogP contribution in [0.1, 0.15) is 18.9 Å². The fraction of sp³-hybridized carbons (Fsp3) is 0.364. The van der Waals surface area contributed by atoms with Crippen molar-refractivity contribution in [3.63, 3.8) is 0 Å². The van der Waals surface area contributed by atoms with Crippen LogP contribution in [0.2, 0.25) is 0 Å². The Labute approximate surface area is 165 Å². The van der Waals surface area contributed by atoms with Crippen LogP contribution in [-0.4, -0.2) is 47.9 Å². The number of morpholine rings is 1. The molecule has 0 saturated carbocycles. The van der Waals surface area contributed by atoms with E-state index in [-0.39, 0.29) is 0 Å². The number of hydrogen-bond donors (Lipinski definition) is 2. The Morgan fingerprint density at radius 2 is 1.64 bits per heavy atom. The van der Waals surface area contributed by atoms with Gasteiger partial charge in [-0.2, -0.15) is 0 Å². The molecule has 0 aliphatic carbocycles. The van der Waals surface area contributed by atoms with Crippen LogP contribution >= 0.6 is 0 Å². The average molecular weight is 378 g/mol. The molecule has 2 heterocycles. The fourth-order valence-corrected chi connectivity index (χ4v) is 3.47. The summed E-state index contributed by atoms with van der Waals surface area (Å²) in [6, 6.07) is 17.7. The number of nitrogens with one attached hydrogen (secondary N) is 1. The zero-order valence-electron chi connectivity index (χ0n) is 16.1. The number of ether oxygens (including phenoxy) is 1. The Hall–Kier alpha value is -2.70. The van der Waals surface area contributed by atoms with Gasteiger partial charge in [-0.05, 0) is 31.0 Å². The van der Waals surface area contributed by atoms with Gasteiger partial charge in [0.15, 0.2) is 11.6 Å². The lowest BCUT2D eigenvalue weighted by Crippen LogP contribution is -2.37. The van der Waals surface area contributed by atoms with E-state index in [0.717, 1.165) is 41.3 Å². The Kier molecular flexibility index (Phi) is 5.41. The summed E-state index contributed by atoms with van der Waals surface area (Å²) in [5.74, 6) is 1.60. The summed E-state index contributed by atoms with van der Waals surface area (Å²) in [6.45, 7) is 5.41. The molecule has 1 aliphatic heterocycles. The van der Waals surface area contributed by atoms with E-state index in [2.05, 4.69) is 10.2 Å². The SMILES string of the molecule is CC(O)(CCNc1nc2ccccc2nc1N1CCOCC1)c1ccccc1. The van der Waals surface area contributed by atoms with E-state index in [1.807, 2.05) is 61.5 Å². The smallest absolute Gasteiger partial charge is 0.172 e. The van der Waals surface area contributed by atoms with Gasteiger partial charge < -0.3 is 20.1 Å². The molecule has 1 fully saturated rings. The number of aliphatic hydroxyl groups is 1. The minimum atomic E-state index is -0.905. The first-order valence-corrected chi connectivity index (χ1v) is 9.75. The van der Waals surface area contributed by atoms with Gasteiger partial charge in [-0.3, -0.25) is 0 Å². The molecule has 2 aromatic carbocycles. The van der Waals surface area contributed by atoms with Crippen molar-refractivity contribution in [1.82, 2.24) is 9.97 Å². The Morgan fingerprint density at radius 3 is 2.36 bits per heavy atom.